The van der Waals surface area contributed by atoms with Crippen molar-refractivity contribution in [3.63, 3.8) is 0 Å². The van der Waals surface area contributed by atoms with Crippen molar-refractivity contribution < 1.29 is 14.2 Å². The molecule has 1 fully saturated rings. The van der Waals surface area contributed by atoms with E-state index < -0.39 is 0 Å². The minimum absolute atomic E-state index is 0.00780. The van der Waals surface area contributed by atoms with Gasteiger partial charge in [0.25, 0.3) is 0 Å². The van der Waals surface area contributed by atoms with Gasteiger partial charge in [-0.25, -0.2) is 0 Å². The summed E-state index contributed by atoms with van der Waals surface area (Å²) >= 11 is 5.99. The molecule has 0 N–H and O–H groups in total. The molecule has 1 unspecified atom stereocenters. The summed E-state index contributed by atoms with van der Waals surface area (Å²) in [6.45, 7) is 8.30. The summed E-state index contributed by atoms with van der Waals surface area (Å²) in [6.07, 6.45) is 0.838. The van der Waals surface area contributed by atoms with Crippen LogP contribution in [0.5, 0.6) is 11.5 Å². The number of rotatable bonds is 4. The van der Waals surface area contributed by atoms with Crippen LogP contribution in [0.1, 0.15) is 39.7 Å². The van der Waals surface area contributed by atoms with Gasteiger partial charge in [-0.3, -0.25) is 0 Å². The lowest BCUT2D eigenvalue weighted by Gasteiger charge is -2.28. The fourth-order valence-electron chi connectivity index (χ4n) is 2.73. The van der Waals surface area contributed by atoms with Crippen molar-refractivity contribution in [3.8, 4) is 11.5 Å². The zero-order valence-electron chi connectivity index (χ0n) is 12.8. The van der Waals surface area contributed by atoms with E-state index >= 15 is 0 Å². The Morgan fingerprint density at radius 1 is 1.30 bits per heavy atom. The van der Waals surface area contributed by atoms with Crippen molar-refractivity contribution in [2.24, 2.45) is 0 Å². The maximum absolute atomic E-state index is 6.20. The molecule has 1 aliphatic rings. The molecule has 4 heteroatoms. The zero-order chi connectivity index (χ0) is 15.0. The standard InChI is InChI=1S/C16H23ClO3/c1-15(2)9-14(16(3,4)20-15)19-13-8-12(18-5)7-6-11(13)10-17/h6-8,14H,9-10H2,1-5H3. The minimum Gasteiger partial charge on any atom is -0.497 e. The van der Waals surface area contributed by atoms with E-state index in [9.17, 15) is 0 Å². The first-order valence-corrected chi connectivity index (χ1v) is 7.40. The fraction of sp³-hybridized carbons (Fsp3) is 0.625. The Bertz CT molecular complexity index is 483. The van der Waals surface area contributed by atoms with E-state index in [0.29, 0.717) is 5.88 Å². The van der Waals surface area contributed by atoms with Gasteiger partial charge >= 0.3 is 0 Å². The van der Waals surface area contributed by atoms with Gasteiger partial charge in [0.2, 0.25) is 0 Å². The third-order valence-electron chi connectivity index (χ3n) is 3.68. The molecular weight excluding hydrogens is 276 g/mol. The summed E-state index contributed by atoms with van der Waals surface area (Å²) in [5.41, 5.74) is 0.470. The van der Waals surface area contributed by atoms with Gasteiger partial charge in [-0.1, -0.05) is 6.07 Å². The first kappa shape index (κ1) is 15.5. The predicted molar refractivity (Wildman–Crippen MR) is 80.8 cm³/mol. The van der Waals surface area contributed by atoms with Crippen molar-refractivity contribution in [2.75, 3.05) is 7.11 Å². The molecule has 0 amide bonds. The van der Waals surface area contributed by atoms with Crippen LogP contribution < -0.4 is 9.47 Å². The molecule has 1 saturated heterocycles. The van der Waals surface area contributed by atoms with Crippen LogP contribution in [0.3, 0.4) is 0 Å². The minimum atomic E-state index is -0.323. The third-order valence-corrected chi connectivity index (χ3v) is 3.97. The van der Waals surface area contributed by atoms with Crippen molar-refractivity contribution in [3.05, 3.63) is 23.8 Å². The molecule has 0 spiro atoms. The molecule has 20 heavy (non-hydrogen) atoms. The summed E-state index contributed by atoms with van der Waals surface area (Å²) in [4.78, 5) is 0. The lowest BCUT2D eigenvalue weighted by atomic mass is 9.97. The van der Waals surface area contributed by atoms with Crippen molar-refractivity contribution >= 4 is 11.6 Å². The first-order valence-electron chi connectivity index (χ1n) is 6.87. The van der Waals surface area contributed by atoms with E-state index in [2.05, 4.69) is 27.7 Å². The Kier molecular flexibility index (Phi) is 4.22. The summed E-state index contributed by atoms with van der Waals surface area (Å²) in [7, 11) is 1.64. The molecule has 1 aliphatic heterocycles. The molecule has 0 saturated carbocycles. The topological polar surface area (TPSA) is 27.7 Å². The SMILES string of the molecule is COc1ccc(CCl)c(OC2CC(C)(C)OC2(C)C)c1. The highest BCUT2D eigenvalue weighted by molar-refractivity contribution is 6.17. The summed E-state index contributed by atoms with van der Waals surface area (Å²) < 4.78 is 17.5. The Hall–Kier alpha value is -0.930. The summed E-state index contributed by atoms with van der Waals surface area (Å²) in [6, 6.07) is 5.72. The molecule has 1 aromatic rings. The molecule has 0 aromatic heterocycles. The Balaban J connectivity index is 2.25. The maximum atomic E-state index is 6.20. The Morgan fingerprint density at radius 3 is 2.50 bits per heavy atom. The van der Waals surface area contributed by atoms with Gasteiger partial charge in [0.15, 0.2) is 0 Å². The van der Waals surface area contributed by atoms with Crippen LogP contribution in [0.2, 0.25) is 0 Å². The van der Waals surface area contributed by atoms with Crippen LogP contribution in [0, 0.1) is 0 Å². The quantitative estimate of drug-likeness (QED) is 0.781. The zero-order valence-corrected chi connectivity index (χ0v) is 13.6. The number of halogens is 1. The van der Waals surface area contributed by atoms with Crippen LogP contribution >= 0.6 is 11.6 Å². The second kappa shape index (κ2) is 5.45. The number of hydrogen-bond donors (Lipinski definition) is 0. The van der Waals surface area contributed by atoms with Crippen LogP contribution in [-0.2, 0) is 10.6 Å². The monoisotopic (exact) mass is 298 g/mol. The van der Waals surface area contributed by atoms with Crippen LogP contribution in [0.4, 0.5) is 0 Å². The molecule has 0 radical (unpaired) electrons. The number of alkyl halides is 1. The lowest BCUT2D eigenvalue weighted by molar-refractivity contribution is -0.0846. The summed E-state index contributed by atoms with van der Waals surface area (Å²) in [5.74, 6) is 1.96. The van der Waals surface area contributed by atoms with Gasteiger partial charge in [0.05, 0.1) is 18.6 Å². The molecule has 0 aliphatic carbocycles. The predicted octanol–water partition coefficient (Wildman–Crippen LogP) is 4.16. The fourth-order valence-corrected chi connectivity index (χ4v) is 2.95. The van der Waals surface area contributed by atoms with Crippen molar-refractivity contribution in [1.82, 2.24) is 0 Å². The molecule has 1 aromatic carbocycles. The van der Waals surface area contributed by atoms with Gasteiger partial charge in [-0.15, -0.1) is 11.6 Å². The molecule has 3 nitrogen and oxygen atoms in total. The smallest absolute Gasteiger partial charge is 0.130 e. The van der Waals surface area contributed by atoms with Gasteiger partial charge in [-0.2, -0.15) is 0 Å². The van der Waals surface area contributed by atoms with E-state index in [-0.39, 0.29) is 17.3 Å². The number of ether oxygens (including phenoxy) is 3. The van der Waals surface area contributed by atoms with Crippen molar-refractivity contribution in [2.45, 2.75) is 57.3 Å². The van der Waals surface area contributed by atoms with Gasteiger partial charge < -0.3 is 14.2 Å². The van der Waals surface area contributed by atoms with E-state index in [1.54, 1.807) is 7.11 Å². The highest BCUT2D eigenvalue weighted by Crippen LogP contribution is 2.40. The summed E-state index contributed by atoms with van der Waals surface area (Å²) in [5, 5.41) is 0. The van der Waals surface area contributed by atoms with Gasteiger partial charge in [0, 0.05) is 18.1 Å². The number of benzene rings is 1. The van der Waals surface area contributed by atoms with Crippen LogP contribution in [-0.4, -0.2) is 24.4 Å². The molecule has 0 bridgehead atoms. The normalized spacial score (nSPS) is 23.6. The van der Waals surface area contributed by atoms with E-state index in [4.69, 9.17) is 25.8 Å². The third kappa shape index (κ3) is 3.21. The maximum Gasteiger partial charge on any atom is 0.130 e. The molecule has 2 rings (SSSR count). The van der Waals surface area contributed by atoms with Gasteiger partial charge in [0.1, 0.15) is 23.2 Å². The van der Waals surface area contributed by atoms with E-state index in [1.807, 2.05) is 18.2 Å². The second-order valence-corrected chi connectivity index (χ2v) is 6.65. The largest absolute Gasteiger partial charge is 0.497 e. The number of hydrogen-bond acceptors (Lipinski definition) is 3. The molecule has 1 atom stereocenters. The average molecular weight is 299 g/mol. The average Bonchev–Trinajstić information content (AvgIpc) is 2.57. The van der Waals surface area contributed by atoms with Crippen LogP contribution in [0.15, 0.2) is 18.2 Å². The highest BCUT2D eigenvalue weighted by atomic mass is 35.5. The molecule has 112 valence electrons. The van der Waals surface area contributed by atoms with Crippen molar-refractivity contribution in [1.29, 1.82) is 0 Å². The Labute approximate surface area is 126 Å². The number of methoxy groups -OCH3 is 1. The first-order chi connectivity index (χ1) is 9.27. The van der Waals surface area contributed by atoms with E-state index in [0.717, 1.165) is 23.5 Å². The Morgan fingerprint density at radius 2 is 2.00 bits per heavy atom. The van der Waals surface area contributed by atoms with Crippen LogP contribution in [0.25, 0.3) is 0 Å². The molecular formula is C16H23ClO3. The van der Waals surface area contributed by atoms with Gasteiger partial charge in [-0.05, 0) is 33.8 Å². The van der Waals surface area contributed by atoms with E-state index in [1.165, 1.54) is 0 Å². The lowest BCUT2D eigenvalue weighted by Crippen LogP contribution is -2.36. The highest BCUT2D eigenvalue weighted by Gasteiger charge is 2.47. The second-order valence-electron chi connectivity index (χ2n) is 6.38. The molecule has 1 heterocycles.